The number of nitrogens with one attached hydrogen (secondary N) is 2. The molecule has 0 saturated heterocycles. The highest BCUT2D eigenvalue weighted by Crippen LogP contribution is 2.62. The summed E-state index contributed by atoms with van der Waals surface area (Å²) in [5.41, 5.74) is 5.99. The van der Waals surface area contributed by atoms with Gasteiger partial charge in [0.2, 0.25) is 0 Å². The van der Waals surface area contributed by atoms with E-state index in [9.17, 15) is 9.90 Å². The maximum atomic E-state index is 13.0. The van der Waals surface area contributed by atoms with Crippen molar-refractivity contribution >= 4 is 23.0 Å². The summed E-state index contributed by atoms with van der Waals surface area (Å²) < 4.78 is 0. The molecule has 3 N–H and O–H groups in total. The molecular weight excluding hydrogens is 422 g/mol. The van der Waals surface area contributed by atoms with Crippen molar-refractivity contribution in [1.82, 2.24) is 10.7 Å². The Kier molecular flexibility index (Phi) is 4.91. The monoisotopic (exact) mass is 453 g/mol. The lowest BCUT2D eigenvalue weighted by atomic mass is 9.45. The fourth-order valence-corrected chi connectivity index (χ4v) is 7.50. The molecule has 0 radical (unpaired) electrons. The van der Waals surface area contributed by atoms with E-state index in [1.54, 1.807) is 6.07 Å². The molecule has 3 aromatic rings. The third-order valence-electron chi connectivity index (χ3n) is 8.41. The Morgan fingerprint density at radius 2 is 1.74 bits per heavy atom. The van der Waals surface area contributed by atoms with Crippen molar-refractivity contribution in [3.05, 3.63) is 77.4 Å². The Balaban J connectivity index is 1.20. The van der Waals surface area contributed by atoms with Crippen LogP contribution in [0.2, 0.25) is 0 Å². The number of hydrogen-bond donors (Lipinski definition) is 3. The van der Waals surface area contributed by atoms with E-state index >= 15 is 0 Å². The van der Waals surface area contributed by atoms with Crippen molar-refractivity contribution in [3.63, 3.8) is 0 Å². The normalized spacial score (nSPS) is 29.6. The lowest BCUT2D eigenvalue weighted by Crippen LogP contribution is -2.65. The van der Waals surface area contributed by atoms with Gasteiger partial charge >= 0.3 is 6.03 Å². The summed E-state index contributed by atoms with van der Waals surface area (Å²) in [4.78, 5) is 13.0. The third kappa shape index (κ3) is 3.64. The molecule has 0 heterocycles. The van der Waals surface area contributed by atoms with Crippen LogP contribution in [0.1, 0.15) is 55.2 Å². The van der Waals surface area contributed by atoms with Gasteiger partial charge in [0, 0.05) is 11.1 Å². The fourth-order valence-electron chi connectivity index (χ4n) is 7.50. The van der Waals surface area contributed by atoms with Crippen LogP contribution in [0.15, 0.2) is 65.8 Å². The highest BCUT2D eigenvalue weighted by atomic mass is 16.3. The molecule has 3 aromatic carbocycles. The van der Waals surface area contributed by atoms with Crippen molar-refractivity contribution in [2.75, 3.05) is 0 Å². The summed E-state index contributed by atoms with van der Waals surface area (Å²) in [5, 5.41) is 19.8. The zero-order valence-corrected chi connectivity index (χ0v) is 19.6. The average Bonchev–Trinajstić information content (AvgIpc) is 2.79. The van der Waals surface area contributed by atoms with Crippen LogP contribution < -0.4 is 10.7 Å². The first-order valence-electron chi connectivity index (χ1n) is 12.3. The van der Waals surface area contributed by atoms with Crippen molar-refractivity contribution in [2.24, 2.45) is 16.9 Å². The molecule has 7 rings (SSSR count). The smallest absolute Gasteiger partial charge is 0.335 e. The molecule has 5 heteroatoms. The fraction of sp³-hybridized carbons (Fsp3) is 0.379. The van der Waals surface area contributed by atoms with Gasteiger partial charge in [-0.25, -0.2) is 10.2 Å². The van der Waals surface area contributed by atoms with Crippen LogP contribution in [0.5, 0.6) is 5.75 Å². The van der Waals surface area contributed by atoms with E-state index in [4.69, 9.17) is 0 Å². The van der Waals surface area contributed by atoms with Gasteiger partial charge in [-0.05, 0) is 85.1 Å². The van der Waals surface area contributed by atoms with Crippen LogP contribution in [-0.4, -0.2) is 22.9 Å². The zero-order chi connectivity index (χ0) is 23.3. The molecule has 4 bridgehead atoms. The van der Waals surface area contributed by atoms with E-state index in [0.717, 1.165) is 30.0 Å². The van der Waals surface area contributed by atoms with E-state index in [-0.39, 0.29) is 22.7 Å². The van der Waals surface area contributed by atoms with Gasteiger partial charge in [-0.2, -0.15) is 5.10 Å². The summed E-state index contributed by atoms with van der Waals surface area (Å²) in [6.07, 6.45) is 8.39. The number of hydrogen-bond acceptors (Lipinski definition) is 3. The van der Waals surface area contributed by atoms with Crippen molar-refractivity contribution in [1.29, 1.82) is 0 Å². The maximum Gasteiger partial charge on any atom is 0.335 e. The molecule has 0 spiro atoms. The number of hydrazone groups is 1. The SMILES string of the molecule is Cc1ccc(C23CC4CC(CC(NC(=O)NN=Cc5c(O)ccc6ccccc56)(C4)C2)C3)cc1. The molecule has 2 amide bonds. The highest BCUT2D eigenvalue weighted by Gasteiger charge is 2.58. The van der Waals surface area contributed by atoms with E-state index in [0.29, 0.717) is 17.4 Å². The maximum absolute atomic E-state index is 13.0. The van der Waals surface area contributed by atoms with Crippen LogP contribution in [0.4, 0.5) is 4.79 Å². The number of rotatable bonds is 4. The summed E-state index contributed by atoms with van der Waals surface area (Å²) in [7, 11) is 0. The van der Waals surface area contributed by atoms with E-state index in [1.807, 2.05) is 30.3 Å². The minimum absolute atomic E-state index is 0.144. The Bertz CT molecular complexity index is 1270. The molecule has 2 unspecified atom stereocenters. The van der Waals surface area contributed by atoms with Crippen LogP contribution in [0, 0.1) is 18.8 Å². The standard InChI is InChI=1S/C29H31N3O2/c1-19-6-9-23(10-7-19)28-13-20-12-21(14-28)16-29(15-20,18-28)31-27(34)32-30-17-25-24-5-3-2-4-22(24)8-11-26(25)33/h2-11,17,20-21,33H,12-16,18H2,1H3,(H2,31,32,34). The first-order valence-corrected chi connectivity index (χ1v) is 12.3. The van der Waals surface area contributed by atoms with Gasteiger partial charge in [-0.3, -0.25) is 0 Å². The summed E-state index contributed by atoms with van der Waals surface area (Å²) in [6, 6.07) is 20.1. The predicted octanol–water partition coefficient (Wildman–Crippen LogP) is 5.78. The van der Waals surface area contributed by atoms with Gasteiger partial charge in [0.05, 0.1) is 6.21 Å². The molecule has 0 aliphatic heterocycles. The Hall–Kier alpha value is -3.34. The quantitative estimate of drug-likeness (QED) is 0.346. The second-order valence-electron chi connectivity index (χ2n) is 10.9. The molecular formula is C29H31N3O2. The molecule has 174 valence electrons. The van der Waals surface area contributed by atoms with Gasteiger partial charge < -0.3 is 10.4 Å². The molecule has 0 aromatic heterocycles. The molecule has 5 nitrogen and oxygen atoms in total. The second-order valence-corrected chi connectivity index (χ2v) is 10.9. The summed E-state index contributed by atoms with van der Waals surface area (Å²) in [6.45, 7) is 2.13. The Labute approximate surface area is 200 Å². The number of amides is 2. The average molecular weight is 454 g/mol. The van der Waals surface area contributed by atoms with Gasteiger partial charge in [0.1, 0.15) is 5.75 Å². The predicted molar refractivity (Wildman–Crippen MR) is 135 cm³/mol. The van der Waals surface area contributed by atoms with Crippen molar-refractivity contribution in [2.45, 2.75) is 56.4 Å². The van der Waals surface area contributed by atoms with Gasteiger partial charge in [-0.1, -0.05) is 60.2 Å². The van der Waals surface area contributed by atoms with Crippen LogP contribution >= 0.6 is 0 Å². The van der Waals surface area contributed by atoms with Gasteiger partial charge in [-0.15, -0.1) is 0 Å². The Morgan fingerprint density at radius 3 is 2.50 bits per heavy atom. The molecule has 34 heavy (non-hydrogen) atoms. The first kappa shape index (κ1) is 21.2. The number of carbonyl (C=O) groups excluding carboxylic acids is 1. The number of phenols is 1. The summed E-state index contributed by atoms with van der Waals surface area (Å²) >= 11 is 0. The molecule has 4 aliphatic carbocycles. The number of urea groups is 1. The van der Waals surface area contributed by atoms with Gasteiger partial charge in [0.15, 0.2) is 0 Å². The van der Waals surface area contributed by atoms with E-state index < -0.39 is 0 Å². The summed E-state index contributed by atoms with van der Waals surface area (Å²) in [5.74, 6) is 1.48. The number of aromatic hydroxyl groups is 1. The Morgan fingerprint density at radius 1 is 1.00 bits per heavy atom. The van der Waals surface area contributed by atoms with Gasteiger partial charge in [0.25, 0.3) is 0 Å². The van der Waals surface area contributed by atoms with Crippen LogP contribution in [-0.2, 0) is 5.41 Å². The van der Waals surface area contributed by atoms with E-state index in [1.165, 1.54) is 36.6 Å². The minimum Gasteiger partial charge on any atom is -0.507 e. The topological polar surface area (TPSA) is 73.7 Å². The number of benzene rings is 3. The molecule has 4 aliphatic rings. The second kappa shape index (κ2) is 7.86. The molecule has 4 fully saturated rings. The minimum atomic E-state index is -0.267. The van der Waals surface area contributed by atoms with E-state index in [2.05, 4.69) is 47.0 Å². The zero-order valence-electron chi connectivity index (χ0n) is 19.6. The number of aryl methyl sites for hydroxylation is 1. The van der Waals surface area contributed by atoms with Crippen LogP contribution in [0.3, 0.4) is 0 Å². The molecule has 2 atom stereocenters. The lowest BCUT2D eigenvalue weighted by molar-refractivity contribution is -0.0349. The number of phenolic OH excluding ortho intramolecular Hbond substituents is 1. The van der Waals surface area contributed by atoms with Crippen molar-refractivity contribution < 1.29 is 9.90 Å². The number of fused-ring (bicyclic) bond motifs is 1. The molecule has 4 saturated carbocycles. The number of carbonyl (C=O) groups is 1. The lowest BCUT2D eigenvalue weighted by Gasteiger charge is -2.62. The van der Waals surface area contributed by atoms with Crippen molar-refractivity contribution in [3.8, 4) is 5.75 Å². The van der Waals surface area contributed by atoms with Crippen LogP contribution in [0.25, 0.3) is 10.8 Å². The number of nitrogens with zero attached hydrogens (tertiary/aromatic N) is 1. The largest absolute Gasteiger partial charge is 0.507 e. The highest BCUT2D eigenvalue weighted by molar-refractivity contribution is 6.02. The third-order valence-corrected chi connectivity index (χ3v) is 8.41. The first-order chi connectivity index (χ1) is 16.4.